The molecule has 2 aliphatic rings. The first-order valence-electron chi connectivity index (χ1n) is 11.8. The minimum atomic E-state index is -3.58. The number of nitrogens with zero attached hydrogens (tertiary/aromatic N) is 2. The number of hydrogen-bond acceptors (Lipinski definition) is 6. The largest absolute Gasteiger partial charge is 0.497 e. The Hall–Kier alpha value is -2.46. The second-order valence-corrected chi connectivity index (χ2v) is 10.8. The molecule has 8 nitrogen and oxygen atoms in total. The Bertz CT molecular complexity index is 1040. The van der Waals surface area contributed by atoms with E-state index in [4.69, 9.17) is 9.47 Å². The predicted octanol–water partition coefficient (Wildman–Crippen LogP) is 2.11. The average Bonchev–Trinajstić information content (AvgIpc) is 2.88. The molecule has 0 spiro atoms. The van der Waals surface area contributed by atoms with E-state index in [2.05, 4.69) is 22.3 Å². The highest BCUT2D eigenvalue weighted by Gasteiger charge is 2.32. The third kappa shape index (κ3) is 6.15. The van der Waals surface area contributed by atoms with Gasteiger partial charge >= 0.3 is 0 Å². The molecule has 184 valence electrons. The lowest BCUT2D eigenvalue weighted by atomic mass is 9.97. The van der Waals surface area contributed by atoms with Crippen molar-refractivity contribution >= 4 is 15.9 Å². The number of rotatable bonds is 8. The van der Waals surface area contributed by atoms with Crippen molar-refractivity contribution in [3.8, 4) is 5.75 Å². The zero-order valence-corrected chi connectivity index (χ0v) is 20.4. The third-order valence-electron chi connectivity index (χ3n) is 6.50. The fourth-order valence-electron chi connectivity index (χ4n) is 4.50. The van der Waals surface area contributed by atoms with Crippen molar-refractivity contribution in [3.05, 3.63) is 60.2 Å². The fourth-order valence-corrected chi connectivity index (χ4v) is 5.97. The molecule has 0 saturated carbocycles. The summed E-state index contributed by atoms with van der Waals surface area (Å²) in [5, 5.41) is 3.03. The predicted molar refractivity (Wildman–Crippen MR) is 129 cm³/mol. The van der Waals surface area contributed by atoms with Crippen molar-refractivity contribution in [2.75, 3.05) is 46.4 Å². The summed E-state index contributed by atoms with van der Waals surface area (Å²) < 4.78 is 38.3. The second-order valence-electron chi connectivity index (χ2n) is 8.81. The maximum absolute atomic E-state index is 12.9. The van der Waals surface area contributed by atoms with E-state index in [1.54, 1.807) is 31.4 Å². The number of ether oxygens (including phenoxy) is 2. The van der Waals surface area contributed by atoms with Gasteiger partial charge in [-0.2, -0.15) is 4.31 Å². The van der Waals surface area contributed by atoms with Crippen LogP contribution in [0.3, 0.4) is 0 Å². The number of amides is 1. The molecule has 0 radical (unpaired) electrons. The summed E-state index contributed by atoms with van der Waals surface area (Å²) in [6, 6.07) is 16.7. The Kier molecular flexibility index (Phi) is 8.20. The Morgan fingerprint density at radius 1 is 1.06 bits per heavy atom. The molecule has 34 heavy (non-hydrogen) atoms. The number of sulfonamides is 1. The van der Waals surface area contributed by atoms with E-state index in [9.17, 15) is 13.2 Å². The third-order valence-corrected chi connectivity index (χ3v) is 8.41. The quantitative estimate of drug-likeness (QED) is 0.614. The lowest BCUT2D eigenvalue weighted by Crippen LogP contribution is -2.49. The smallest absolute Gasteiger partial charge is 0.243 e. The summed E-state index contributed by atoms with van der Waals surface area (Å²) >= 11 is 0. The molecule has 0 aromatic heterocycles. The van der Waals surface area contributed by atoms with Crippen LogP contribution in [0.25, 0.3) is 0 Å². The molecule has 2 aliphatic heterocycles. The first-order valence-corrected chi connectivity index (χ1v) is 13.2. The van der Waals surface area contributed by atoms with Gasteiger partial charge in [-0.05, 0) is 42.7 Å². The lowest BCUT2D eigenvalue weighted by Gasteiger charge is -2.34. The van der Waals surface area contributed by atoms with Crippen LogP contribution in [0.2, 0.25) is 0 Å². The second kappa shape index (κ2) is 11.3. The van der Waals surface area contributed by atoms with E-state index in [0.717, 1.165) is 19.6 Å². The number of carbonyl (C=O) groups excluding carboxylic acids is 1. The maximum Gasteiger partial charge on any atom is 0.243 e. The standard InChI is InChI=1S/C25H33N3O5S/c1-32-22-7-9-24(10-8-22)34(30,31)28-13-11-21(12-14-28)25(29)26-17-23-19-27(15-16-33-23)18-20-5-3-2-4-6-20/h2-10,21,23H,11-19H2,1H3,(H,26,29)/t23-/m1/s1. The van der Waals surface area contributed by atoms with Gasteiger partial charge in [0.1, 0.15) is 5.75 Å². The van der Waals surface area contributed by atoms with Crippen molar-refractivity contribution in [1.82, 2.24) is 14.5 Å². The van der Waals surface area contributed by atoms with E-state index in [-0.39, 0.29) is 22.8 Å². The fraction of sp³-hybridized carbons (Fsp3) is 0.480. The van der Waals surface area contributed by atoms with Crippen molar-refractivity contribution in [3.63, 3.8) is 0 Å². The number of piperidine rings is 1. The van der Waals surface area contributed by atoms with Crippen LogP contribution in [0.15, 0.2) is 59.5 Å². The van der Waals surface area contributed by atoms with Gasteiger partial charge in [0.15, 0.2) is 0 Å². The molecular formula is C25H33N3O5S. The highest BCUT2D eigenvalue weighted by molar-refractivity contribution is 7.89. The number of methoxy groups -OCH3 is 1. The summed E-state index contributed by atoms with van der Waals surface area (Å²) in [6.07, 6.45) is 0.969. The van der Waals surface area contributed by atoms with Crippen LogP contribution in [0, 0.1) is 5.92 Å². The van der Waals surface area contributed by atoms with Crippen LogP contribution >= 0.6 is 0 Å². The molecule has 2 heterocycles. The topological polar surface area (TPSA) is 88.2 Å². The molecule has 2 fully saturated rings. The van der Waals surface area contributed by atoms with Crippen molar-refractivity contribution in [2.24, 2.45) is 5.92 Å². The summed E-state index contributed by atoms with van der Waals surface area (Å²) in [6.45, 7) is 4.29. The number of nitrogens with one attached hydrogen (secondary N) is 1. The number of hydrogen-bond donors (Lipinski definition) is 1. The van der Waals surface area contributed by atoms with Gasteiger partial charge in [-0.3, -0.25) is 9.69 Å². The number of benzene rings is 2. The molecule has 1 amide bonds. The van der Waals surface area contributed by atoms with E-state index in [0.29, 0.717) is 44.8 Å². The Morgan fingerprint density at radius 2 is 1.76 bits per heavy atom. The van der Waals surface area contributed by atoms with Crippen molar-refractivity contribution in [1.29, 1.82) is 0 Å². The molecule has 2 saturated heterocycles. The summed E-state index contributed by atoms with van der Waals surface area (Å²) in [7, 11) is -2.03. The van der Waals surface area contributed by atoms with Crippen LogP contribution in [0.4, 0.5) is 0 Å². The first-order chi connectivity index (χ1) is 16.5. The minimum Gasteiger partial charge on any atom is -0.497 e. The van der Waals surface area contributed by atoms with E-state index in [1.165, 1.54) is 9.87 Å². The Labute approximate surface area is 201 Å². The molecule has 9 heteroatoms. The van der Waals surface area contributed by atoms with Gasteiger partial charge in [-0.25, -0.2) is 8.42 Å². The minimum absolute atomic E-state index is 0.0229. The summed E-state index contributed by atoms with van der Waals surface area (Å²) in [5.74, 6) is 0.399. The molecule has 0 bridgehead atoms. The summed E-state index contributed by atoms with van der Waals surface area (Å²) in [4.78, 5) is 15.3. The highest BCUT2D eigenvalue weighted by atomic mass is 32.2. The normalized spacial score (nSPS) is 20.7. The van der Waals surface area contributed by atoms with Gasteiger partial charge in [0, 0.05) is 45.2 Å². The molecule has 1 N–H and O–H groups in total. The van der Waals surface area contributed by atoms with E-state index >= 15 is 0 Å². The molecule has 1 atom stereocenters. The monoisotopic (exact) mass is 487 g/mol. The van der Waals surface area contributed by atoms with Gasteiger partial charge in [0.05, 0.1) is 24.7 Å². The maximum atomic E-state index is 12.9. The van der Waals surface area contributed by atoms with E-state index in [1.807, 2.05) is 18.2 Å². The molecule has 2 aromatic carbocycles. The SMILES string of the molecule is COc1ccc(S(=O)(=O)N2CCC(C(=O)NC[C@@H]3CN(Cc4ccccc4)CCO3)CC2)cc1. The molecular weight excluding hydrogens is 454 g/mol. The first kappa shape index (κ1) is 24.7. The van der Waals surface area contributed by atoms with E-state index < -0.39 is 10.0 Å². The Morgan fingerprint density at radius 3 is 2.44 bits per heavy atom. The van der Waals surface area contributed by atoms with Gasteiger partial charge in [0.2, 0.25) is 15.9 Å². The van der Waals surface area contributed by atoms with Crippen molar-refractivity contribution < 1.29 is 22.7 Å². The van der Waals surface area contributed by atoms with Gasteiger partial charge in [0.25, 0.3) is 0 Å². The van der Waals surface area contributed by atoms with Crippen LogP contribution in [-0.2, 0) is 26.1 Å². The molecule has 4 rings (SSSR count). The molecule has 0 aliphatic carbocycles. The van der Waals surface area contributed by atoms with Gasteiger partial charge < -0.3 is 14.8 Å². The van der Waals surface area contributed by atoms with Crippen molar-refractivity contribution in [2.45, 2.75) is 30.4 Å². The highest BCUT2D eigenvalue weighted by Crippen LogP contribution is 2.25. The average molecular weight is 488 g/mol. The lowest BCUT2D eigenvalue weighted by molar-refractivity contribution is -0.127. The molecule has 2 aromatic rings. The number of carbonyl (C=O) groups is 1. The summed E-state index contributed by atoms with van der Waals surface area (Å²) in [5.41, 5.74) is 1.27. The van der Waals surface area contributed by atoms with Gasteiger partial charge in [-0.15, -0.1) is 0 Å². The van der Waals surface area contributed by atoms with Gasteiger partial charge in [-0.1, -0.05) is 30.3 Å². The zero-order valence-electron chi connectivity index (χ0n) is 19.6. The van der Waals surface area contributed by atoms with Crippen LogP contribution in [-0.4, -0.2) is 76.1 Å². The van der Waals surface area contributed by atoms with Crippen LogP contribution in [0.1, 0.15) is 18.4 Å². The zero-order chi connectivity index (χ0) is 24.0. The Balaban J connectivity index is 1.22. The number of morpholine rings is 1. The van der Waals surface area contributed by atoms with Crippen LogP contribution < -0.4 is 10.1 Å². The molecule has 0 unspecified atom stereocenters. The van der Waals surface area contributed by atoms with Crippen LogP contribution in [0.5, 0.6) is 5.75 Å².